The molecular weight excluding hydrogens is 201 g/mol. The van der Waals surface area contributed by atoms with E-state index >= 15 is 0 Å². The SMILES string of the molecule is P[Si](P)(P)Br. The summed E-state index contributed by atoms with van der Waals surface area (Å²) in [6.45, 7) is 0. The lowest BCUT2D eigenvalue weighted by molar-refractivity contribution is 4.36. The summed E-state index contributed by atoms with van der Waals surface area (Å²) in [6, 6.07) is 0. The highest BCUT2D eigenvalue weighted by Crippen LogP contribution is 2.33. The van der Waals surface area contributed by atoms with E-state index in [1.807, 2.05) is 0 Å². The van der Waals surface area contributed by atoms with Crippen molar-refractivity contribution in [1.29, 1.82) is 0 Å². The van der Waals surface area contributed by atoms with Gasteiger partial charge in [0.25, 0.3) is 0 Å². The molecule has 3 atom stereocenters. The fraction of sp³-hybridized carbons (Fsp3) is 0. The van der Waals surface area contributed by atoms with Crippen molar-refractivity contribution in [3.8, 4) is 0 Å². The topological polar surface area (TPSA) is 0 Å². The van der Waals surface area contributed by atoms with Gasteiger partial charge in [-0.1, -0.05) is 0 Å². The Morgan fingerprint density at radius 3 is 1.20 bits per heavy atom. The lowest BCUT2D eigenvalue weighted by Crippen LogP contribution is -1.85. The minimum Gasteiger partial charge on any atom is -0.129 e. The summed E-state index contributed by atoms with van der Waals surface area (Å²) >= 11 is 3.40. The second-order valence-electron chi connectivity index (χ2n) is 0.827. The maximum absolute atomic E-state index is 3.40. The monoisotopic (exact) mass is 206 g/mol. The van der Waals surface area contributed by atoms with Crippen molar-refractivity contribution in [2.45, 2.75) is 0 Å². The Balaban J connectivity index is 3.02. The molecular formula is H6BrP3Si. The molecule has 0 N–H and O–H groups in total. The van der Waals surface area contributed by atoms with Crippen LogP contribution in [0.3, 0.4) is 0 Å². The summed E-state index contributed by atoms with van der Waals surface area (Å²) in [6.07, 6.45) is 0. The predicted octanol–water partition coefficient (Wildman–Crippen LogP) is 1.44. The molecule has 0 fully saturated rings. The summed E-state index contributed by atoms with van der Waals surface area (Å²) in [5.41, 5.74) is -1.05. The molecule has 3 unspecified atom stereocenters. The van der Waals surface area contributed by atoms with E-state index in [-0.39, 0.29) is 0 Å². The first-order valence-electron chi connectivity index (χ1n) is 1.06. The zero-order valence-corrected chi connectivity index (χ0v) is 8.66. The van der Waals surface area contributed by atoms with E-state index in [0.717, 1.165) is 0 Å². The summed E-state index contributed by atoms with van der Waals surface area (Å²) in [5, 5.41) is 0. The Kier molecular flexibility index (Phi) is 3.26. The van der Waals surface area contributed by atoms with Crippen LogP contribution in [0.5, 0.6) is 0 Å². The van der Waals surface area contributed by atoms with Crippen LogP contribution in [0.25, 0.3) is 0 Å². The van der Waals surface area contributed by atoms with Crippen molar-refractivity contribution in [1.82, 2.24) is 0 Å². The van der Waals surface area contributed by atoms with Crippen molar-refractivity contribution in [3.63, 3.8) is 0 Å². The number of rotatable bonds is 0. The van der Waals surface area contributed by atoms with Crippen LogP contribution >= 0.6 is 41.7 Å². The molecule has 0 bridgehead atoms. The minimum absolute atomic E-state index is 1.05. The van der Waals surface area contributed by atoms with Crippen molar-refractivity contribution in [2.24, 2.45) is 0 Å². The molecule has 0 aromatic rings. The van der Waals surface area contributed by atoms with Crippen molar-refractivity contribution >= 4 is 47.4 Å². The number of hydrogen-bond acceptors (Lipinski definition) is 0. The van der Waals surface area contributed by atoms with Crippen LogP contribution in [0, 0.1) is 0 Å². The zero-order valence-electron chi connectivity index (χ0n) is 2.61. The van der Waals surface area contributed by atoms with E-state index in [2.05, 4.69) is 41.7 Å². The molecule has 0 aromatic heterocycles. The molecule has 0 saturated carbocycles. The van der Waals surface area contributed by atoms with Gasteiger partial charge >= 0.3 is 0 Å². The maximum Gasteiger partial charge on any atom is 0.187 e. The largest absolute Gasteiger partial charge is 0.187 e. The highest BCUT2D eigenvalue weighted by molar-refractivity contribution is 9.35. The van der Waals surface area contributed by atoms with Crippen LogP contribution in [0.15, 0.2) is 0 Å². The van der Waals surface area contributed by atoms with Crippen molar-refractivity contribution in [2.75, 3.05) is 0 Å². The normalized spacial score (nSPS) is 12.0. The number of halogens is 1. The van der Waals surface area contributed by atoms with E-state index in [1.54, 1.807) is 0 Å². The summed E-state index contributed by atoms with van der Waals surface area (Å²) < 4.78 is 0. The lowest BCUT2D eigenvalue weighted by Gasteiger charge is -1.97. The fourth-order valence-corrected chi connectivity index (χ4v) is 0. The third-order valence-corrected chi connectivity index (χ3v) is 0. The van der Waals surface area contributed by atoms with Gasteiger partial charge in [0, 0.05) is 0 Å². The molecule has 32 valence electrons. The van der Waals surface area contributed by atoms with Gasteiger partial charge in [0.2, 0.25) is 0 Å². The summed E-state index contributed by atoms with van der Waals surface area (Å²) in [7, 11) is 8.09. The van der Waals surface area contributed by atoms with Gasteiger partial charge in [-0.3, -0.25) is 0 Å². The van der Waals surface area contributed by atoms with Crippen LogP contribution < -0.4 is 0 Å². The smallest absolute Gasteiger partial charge is 0.129 e. The minimum atomic E-state index is -1.05. The van der Waals surface area contributed by atoms with Gasteiger partial charge in [0.05, 0.1) is 0 Å². The Bertz CT molecular complexity index is 22.4. The quantitative estimate of drug-likeness (QED) is 0.320. The summed E-state index contributed by atoms with van der Waals surface area (Å²) in [5.74, 6) is 0. The Morgan fingerprint density at radius 2 is 1.20 bits per heavy atom. The van der Waals surface area contributed by atoms with Gasteiger partial charge in [-0.25, -0.2) is 0 Å². The molecule has 0 radical (unpaired) electrons. The zero-order chi connectivity index (χ0) is 4.50. The van der Waals surface area contributed by atoms with E-state index in [1.165, 1.54) is 0 Å². The molecule has 0 aliphatic heterocycles. The van der Waals surface area contributed by atoms with Gasteiger partial charge in [-0.2, -0.15) is 0 Å². The third kappa shape index (κ3) is 24.1. The number of hydrogen-bond donors (Lipinski definition) is 0. The fourth-order valence-electron chi connectivity index (χ4n) is 0. The first-order chi connectivity index (χ1) is 2.00. The lowest BCUT2D eigenvalue weighted by atomic mass is 27.3. The Morgan fingerprint density at radius 1 is 1.20 bits per heavy atom. The van der Waals surface area contributed by atoms with Gasteiger partial charge in [0.1, 0.15) is 0 Å². The van der Waals surface area contributed by atoms with Gasteiger partial charge < -0.3 is 0 Å². The van der Waals surface area contributed by atoms with Crippen LogP contribution in [-0.2, 0) is 0 Å². The van der Waals surface area contributed by atoms with Crippen LogP contribution in [-0.4, -0.2) is 5.70 Å². The molecule has 0 aliphatic rings. The standard InChI is InChI=1S/BrH6P3Si/c1-5(2,3)4/h2-4H2. The van der Waals surface area contributed by atoms with Gasteiger partial charge in [-0.05, 0) is 0 Å². The molecule has 0 aromatic carbocycles. The van der Waals surface area contributed by atoms with Crippen LogP contribution in [0.2, 0.25) is 0 Å². The Labute approximate surface area is 47.6 Å². The first-order valence-corrected chi connectivity index (χ1v) is 10.7. The van der Waals surface area contributed by atoms with Crippen LogP contribution in [0.1, 0.15) is 0 Å². The highest BCUT2D eigenvalue weighted by atomic mass is 79.9. The van der Waals surface area contributed by atoms with Crippen molar-refractivity contribution < 1.29 is 0 Å². The Hall–Kier alpha value is 1.99. The first kappa shape index (κ1) is 6.99. The van der Waals surface area contributed by atoms with E-state index in [0.29, 0.717) is 0 Å². The third-order valence-electron chi connectivity index (χ3n) is 0. The van der Waals surface area contributed by atoms with Crippen molar-refractivity contribution in [3.05, 3.63) is 0 Å². The van der Waals surface area contributed by atoms with E-state index in [4.69, 9.17) is 0 Å². The predicted molar refractivity (Wildman–Crippen MR) is 43.8 cm³/mol. The van der Waals surface area contributed by atoms with E-state index in [9.17, 15) is 0 Å². The molecule has 0 spiro atoms. The summed E-state index contributed by atoms with van der Waals surface area (Å²) in [4.78, 5) is 0. The molecule has 5 heavy (non-hydrogen) atoms. The average molecular weight is 207 g/mol. The molecule has 0 saturated heterocycles. The van der Waals surface area contributed by atoms with Crippen LogP contribution in [0.4, 0.5) is 0 Å². The van der Waals surface area contributed by atoms with E-state index < -0.39 is 5.70 Å². The molecule has 0 rings (SSSR count). The molecule has 0 heterocycles. The maximum atomic E-state index is 3.40. The second-order valence-corrected chi connectivity index (χ2v) is 28.8. The molecule has 0 nitrogen and oxygen atoms in total. The molecule has 0 amide bonds. The van der Waals surface area contributed by atoms with Gasteiger partial charge in [0.15, 0.2) is 5.70 Å². The van der Waals surface area contributed by atoms with Gasteiger partial charge in [-0.15, -0.1) is 41.7 Å². The average Bonchev–Trinajstić information content (AvgIpc) is 0.722. The highest BCUT2D eigenvalue weighted by Gasteiger charge is 2.04. The second kappa shape index (κ2) is 2.33. The molecule has 0 aliphatic carbocycles. The molecule has 5 heteroatoms.